The lowest BCUT2D eigenvalue weighted by Gasteiger charge is -2.04. The predicted octanol–water partition coefficient (Wildman–Crippen LogP) is 3.00. The normalized spacial score (nSPS) is 10.9. The number of aromatic carboxylic acids is 1. The van der Waals surface area contributed by atoms with Crippen molar-refractivity contribution < 1.29 is 18.7 Å². The van der Waals surface area contributed by atoms with E-state index in [1.54, 1.807) is 6.07 Å². The number of hydrogen-bond acceptors (Lipinski definition) is 2. The second-order valence-corrected chi connectivity index (χ2v) is 4.23. The molecule has 0 aliphatic rings. The number of carbonyl (C=O) groups is 1. The van der Waals surface area contributed by atoms with Crippen LogP contribution in [0.1, 0.15) is 10.4 Å². The summed E-state index contributed by atoms with van der Waals surface area (Å²) in [5.74, 6) is -2.93. The van der Waals surface area contributed by atoms with Crippen LogP contribution in [0.15, 0.2) is 42.6 Å². The van der Waals surface area contributed by atoms with E-state index in [1.807, 2.05) is 0 Å². The first-order valence-electron chi connectivity index (χ1n) is 5.73. The van der Waals surface area contributed by atoms with Gasteiger partial charge in [-0.2, -0.15) is 5.10 Å². The molecule has 1 heterocycles. The third-order valence-electron chi connectivity index (χ3n) is 2.96. The molecule has 0 amide bonds. The van der Waals surface area contributed by atoms with Gasteiger partial charge >= 0.3 is 5.97 Å². The summed E-state index contributed by atoms with van der Waals surface area (Å²) in [6, 6.07) is 7.93. The number of benzene rings is 2. The van der Waals surface area contributed by atoms with Gasteiger partial charge in [0.1, 0.15) is 0 Å². The Bertz CT molecular complexity index is 827. The molecule has 0 bridgehead atoms. The molecule has 0 atom stereocenters. The molecule has 0 radical (unpaired) electrons. The van der Waals surface area contributed by atoms with Crippen molar-refractivity contribution >= 4 is 16.9 Å². The van der Waals surface area contributed by atoms with Gasteiger partial charge < -0.3 is 5.11 Å². The molecule has 0 saturated carbocycles. The molecule has 3 aromatic rings. The van der Waals surface area contributed by atoms with Gasteiger partial charge in [-0.3, -0.25) is 0 Å². The largest absolute Gasteiger partial charge is 0.478 e. The number of hydrogen-bond donors (Lipinski definition) is 1. The van der Waals surface area contributed by atoms with Crippen molar-refractivity contribution in [3.8, 4) is 5.69 Å². The van der Waals surface area contributed by atoms with Crippen molar-refractivity contribution in [2.75, 3.05) is 0 Å². The molecule has 4 nitrogen and oxygen atoms in total. The van der Waals surface area contributed by atoms with Crippen molar-refractivity contribution in [1.29, 1.82) is 0 Å². The van der Waals surface area contributed by atoms with Crippen LogP contribution < -0.4 is 0 Å². The van der Waals surface area contributed by atoms with E-state index >= 15 is 0 Å². The topological polar surface area (TPSA) is 55.1 Å². The summed E-state index contributed by atoms with van der Waals surface area (Å²) < 4.78 is 27.6. The smallest absolute Gasteiger partial charge is 0.335 e. The van der Waals surface area contributed by atoms with Crippen LogP contribution in [0.5, 0.6) is 0 Å². The Balaban J connectivity index is 2.17. The van der Waals surface area contributed by atoms with Gasteiger partial charge in [-0.05, 0) is 30.3 Å². The maximum atomic E-state index is 13.2. The fraction of sp³-hybridized carbons (Fsp3) is 0. The predicted molar refractivity (Wildman–Crippen MR) is 67.9 cm³/mol. The maximum Gasteiger partial charge on any atom is 0.335 e. The summed E-state index contributed by atoms with van der Waals surface area (Å²) in [5, 5.41) is 13.6. The van der Waals surface area contributed by atoms with Gasteiger partial charge in [0, 0.05) is 11.5 Å². The quantitative estimate of drug-likeness (QED) is 0.781. The van der Waals surface area contributed by atoms with E-state index in [9.17, 15) is 13.6 Å². The fourth-order valence-corrected chi connectivity index (χ4v) is 1.99. The zero-order valence-electron chi connectivity index (χ0n) is 10.0. The maximum absolute atomic E-state index is 13.2. The summed E-state index contributed by atoms with van der Waals surface area (Å²) in [5.41, 5.74) is 1.12. The van der Waals surface area contributed by atoms with Crippen molar-refractivity contribution in [2.45, 2.75) is 0 Å². The third kappa shape index (κ3) is 1.91. The number of halogens is 2. The molecule has 0 spiro atoms. The lowest BCUT2D eigenvalue weighted by molar-refractivity contribution is 0.0697. The highest BCUT2D eigenvalue weighted by molar-refractivity contribution is 5.93. The molecule has 3 rings (SSSR count). The molecule has 2 aromatic carbocycles. The highest BCUT2D eigenvalue weighted by Crippen LogP contribution is 2.21. The molecule has 1 N–H and O–H groups in total. The van der Waals surface area contributed by atoms with Crippen LogP contribution in [0.4, 0.5) is 8.78 Å². The summed E-state index contributed by atoms with van der Waals surface area (Å²) in [6.07, 6.45) is 1.48. The molecule has 0 saturated heterocycles. The van der Waals surface area contributed by atoms with E-state index < -0.39 is 17.6 Å². The standard InChI is InChI=1S/C14H8F2N2O2/c15-11-3-2-10(6-12(11)16)18-13-4-1-8(14(19)20)5-9(13)7-17-18/h1-7H,(H,19,20). The minimum Gasteiger partial charge on any atom is -0.478 e. The van der Waals surface area contributed by atoms with Gasteiger partial charge in [0.2, 0.25) is 0 Å². The number of carboxylic acid groups (broad SMARTS) is 1. The van der Waals surface area contributed by atoms with Gasteiger partial charge in [-0.25, -0.2) is 18.3 Å². The monoisotopic (exact) mass is 274 g/mol. The van der Waals surface area contributed by atoms with Crippen molar-refractivity contribution in [2.24, 2.45) is 0 Å². The number of carboxylic acids is 1. The van der Waals surface area contributed by atoms with Crippen LogP contribution in [0.25, 0.3) is 16.6 Å². The van der Waals surface area contributed by atoms with Crippen LogP contribution in [0, 0.1) is 11.6 Å². The van der Waals surface area contributed by atoms with Gasteiger partial charge in [0.15, 0.2) is 11.6 Å². The first-order chi connectivity index (χ1) is 9.56. The fourth-order valence-electron chi connectivity index (χ4n) is 1.99. The van der Waals surface area contributed by atoms with E-state index in [0.717, 1.165) is 12.1 Å². The Morgan fingerprint density at radius 2 is 1.90 bits per heavy atom. The van der Waals surface area contributed by atoms with E-state index in [2.05, 4.69) is 5.10 Å². The minimum absolute atomic E-state index is 0.141. The van der Waals surface area contributed by atoms with E-state index in [4.69, 9.17) is 5.11 Å². The van der Waals surface area contributed by atoms with E-state index in [0.29, 0.717) is 16.6 Å². The van der Waals surface area contributed by atoms with Gasteiger partial charge in [0.05, 0.1) is 23.0 Å². The van der Waals surface area contributed by atoms with E-state index in [-0.39, 0.29) is 5.56 Å². The molecule has 6 heteroatoms. The lowest BCUT2D eigenvalue weighted by Crippen LogP contribution is -1.99. The number of rotatable bonds is 2. The number of aromatic nitrogens is 2. The first-order valence-corrected chi connectivity index (χ1v) is 5.73. The Morgan fingerprint density at radius 1 is 1.10 bits per heavy atom. The molecule has 100 valence electrons. The molecule has 20 heavy (non-hydrogen) atoms. The minimum atomic E-state index is -1.03. The SMILES string of the molecule is O=C(O)c1ccc2c(cnn2-c2ccc(F)c(F)c2)c1. The van der Waals surface area contributed by atoms with Crippen LogP contribution in [-0.4, -0.2) is 20.9 Å². The van der Waals surface area contributed by atoms with Crippen LogP contribution in [0.3, 0.4) is 0 Å². The van der Waals surface area contributed by atoms with Crippen molar-refractivity contribution in [3.05, 3.63) is 59.8 Å². The highest BCUT2D eigenvalue weighted by Gasteiger charge is 2.10. The highest BCUT2D eigenvalue weighted by atomic mass is 19.2. The van der Waals surface area contributed by atoms with Crippen LogP contribution in [-0.2, 0) is 0 Å². The van der Waals surface area contributed by atoms with Crippen LogP contribution >= 0.6 is 0 Å². The second kappa shape index (κ2) is 4.41. The molecule has 0 aliphatic heterocycles. The number of nitrogens with zero attached hydrogens (tertiary/aromatic N) is 2. The lowest BCUT2D eigenvalue weighted by atomic mass is 10.1. The Kier molecular flexibility index (Phi) is 2.71. The summed E-state index contributed by atoms with van der Waals surface area (Å²) in [6.45, 7) is 0. The summed E-state index contributed by atoms with van der Waals surface area (Å²) in [7, 11) is 0. The average molecular weight is 274 g/mol. The average Bonchev–Trinajstić information content (AvgIpc) is 2.84. The summed E-state index contributed by atoms with van der Waals surface area (Å²) >= 11 is 0. The second-order valence-electron chi connectivity index (χ2n) is 4.23. The van der Waals surface area contributed by atoms with E-state index in [1.165, 1.54) is 29.1 Å². The zero-order valence-corrected chi connectivity index (χ0v) is 10.0. The molecular weight excluding hydrogens is 266 g/mol. The molecule has 0 aliphatic carbocycles. The molecular formula is C14H8F2N2O2. The molecule has 0 fully saturated rings. The Hall–Kier alpha value is -2.76. The third-order valence-corrected chi connectivity index (χ3v) is 2.96. The van der Waals surface area contributed by atoms with Crippen molar-refractivity contribution in [3.63, 3.8) is 0 Å². The number of fused-ring (bicyclic) bond motifs is 1. The summed E-state index contributed by atoms with van der Waals surface area (Å²) in [4.78, 5) is 10.9. The van der Waals surface area contributed by atoms with Crippen LogP contribution in [0.2, 0.25) is 0 Å². The van der Waals surface area contributed by atoms with Crippen molar-refractivity contribution in [1.82, 2.24) is 9.78 Å². The van der Waals surface area contributed by atoms with Gasteiger partial charge in [0.25, 0.3) is 0 Å². The Labute approximate surface area is 111 Å². The molecule has 0 unspecified atom stereocenters. The van der Waals surface area contributed by atoms with Gasteiger partial charge in [-0.15, -0.1) is 0 Å². The first kappa shape index (κ1) is 12.3. The Morgan fingerprint density at radius 3 is 2.60 bits per heavy atom. The zero-order chi connectivity index (χ0) is 14.3. The molecule has 1 aromatic heterocycles. The van der Waals surface area contributed by atoms with Gasteiger partial charge in [-0.1, -0.05) is 0 Å².